The zero-order chi connectivity index (χ0) is 58.3. The molecular weight excluding hydrogens is 1260 g/mol. The predicted molar refractivity (Wildman–Crippen MR) is 379 cm³/mol. The summed E-state index contributed by atoms with van der Waals surface area (Å²) in [7, 11) is 0. The Kier molecular flexibility index (Phi) is 73.5. The maximum atomic E-state index is 5.67. The topological polar surface area (TPSA) is 0 Å². The summed E-state index contributed by atoms with van der Waals surface area (Å²) < 4.78 is 3.96. The number of thiocarbonyl (C=S) groups is 4. The molecule has 0 N–H and O–H groups in total. The van der Waals surface area contributed by atoms with Crippen LogP contribution in [0.3, 0.4) is 0 Å². The van der Waals surface area contributed by atoms with Crippen LogP contribution in [0.2, 0.25) is 0 Å². The van der Waals surface area contributed by atoms with Gasteiger partial charge in [-0.15, -0.1) is 0 Å². The maximum Gasteiger partial charge on any atom is 4.00 e. The van der Waals surface area contributed by atoms with Gasteiger partial charge >= 0.3 is 21.1 Å². The van der Waals surface area contributed by atoms with E-state index in [1.807, 2.05) is 0 Å². The SMILES string of the molecule is CCCCCCC[N+]([S-])(CCCCCCC)C(=S)[S-].CCCCCCC[N+]([S-])(CCCCCCC)C(=S)[S-].CCCCCCC[N+]([S-])(CCCCCCC)C(=S)[S-].CCCCCCC[N+]([S-])(CCCCCCC)C(=S)[S-].[Mo+4]. The minimum Gasteiger partial charge on any atom is -0.489 e. The number of hydrogen-bond donors (Lipinski definition) is 0. The van der Waals surface area contributed by atoms with E-state index < -0.39 is 0 Å². The number of hydrogen-bond acceptors (Lipinski definition) is 12. The van der Waals surface area contributed by atoms with Crippen molar-refractivity contribution < 1.29 is 36.6 Å². The molecule has 0 aromatic rings. The Morgan fingerprint density at radius 2 is 0.299 bits per heavy atom. The fourth-order valence-electron chi connectivity index (χ4n) is 8.94. The Hall–Kier alpha value is 3.17. The summed E-state index contributed by atoms with van der Waals surface area (Å²) in [5.74, 6) is 0. The van der Waals surface area contributed by atoms with Crippen molar-refractivity contribution in [2.24, 2.45) is 0 Å². The average Bonchev–Trinajstić information content (AvgIpc) is 3.38. The molecule has 0 saturated heterocycles. The number of nitrogens with zero attached hydrogens (tertiary/aromatic N) is 4. The van der Waals surface area contributed by atoms with Gasteiger partial charge in [-0.05, 0) is 103 Å². The molecule has 0 fully saturated rings. The first-order valence-electron chi connectivity index (χ1n) is 31.4. The quantitative estimate of drug-likeness (QED) is 0.0187. The molecule has 77 heavy (non-hydrogen) atoms. The van der Waals surface area contributed by atoms with Crippen molar-refractivity contribution in [3.63, 3.8) is 0 Å². The molecule has 0 aliphatic rings. The molecule has 0 aliphatic carbocycles. The maximum absolute atomic E-state index is 5.67. The van der Waals surface area contributed by atoms with Crippen LogP contribution in [0, 0.1) is 0 Å². The van der Waals surface area contributed by atoms with Gasteiger partial charge in [-0.2, -0.15) is 0 Å². The molecule has 0 spiro atoms. The summed E-state index contributed by atoms with van der Waals surface area (Å²) in [5.41, 5.74) is 0. The van der Waals surface area contributed by atoms with E-state index >= 15 is 0 Å². The van der Waals surface area contributed by atoms with Crippen molar-refractivity contribution >= 4 is 168 Å². The molecule has 0 aliphatic heterocycles. The number of rotatable bonds is 48. The van der Waals surface area contributed by atoms with E-state index in [2.05, 4.69) is 55.4 Å². The average molecular weight is 1380 g/mol. The molecule has 0 saturated carbocycles. The largest absolute Gasteiger partial charge is 4.00 e. The van der Waals surface area contributed by atoms with Crippen LogP contribution in [0.15, 0.2) is 0 Å². The second-order valence-electron chi connectivity index (χ2n) is 21.7. The summed E-state index contributed by atoms with van der Waals surface area (Å²) in [6, 6.07) is 0. The van der Waals surface area contributed by atoms with Crippen molar-refractivity contribution in [3.8, 4) is 0 Å². The van der Waals surface area contributed by atoms with E-state index in [1.165, 1.54) is 205 Å². The van der Waals surface area contributed by atoms with E-state index in [-0.39, 0.29) is 21.1 Å². The Bertz CT molecular complexity index is 1070. The second kappa shape index (κ2) is 63.7. The van der Waals surface area contributed by atoms with Crippen LogP contribution in [-0.4, -0.2) is 85.2 Å². The van der Waals surface area contributed by atoms with Crippen LogP contribution in [-0.2, 0) is 123 Å². The summed E-state index contributed by atoms with van der Waals surface area (Å²) >= 11 is 64.4. The monoisotopic (exact) mass is 1380 g/mol. The van der Waals surface area contributed by atoms with E-state index in [1.54, 1.807) is 0 Å². The zero-order valence-electron chi connectivity index (χ0n) is 51.0. The third kappa shape index (κ3) is 56.7. The standard InChI is InChI=1S/4C15H31NS3.Mo/c4*1-3-5-7-9-11-13-16(19,15(17)18)14-12-10-8-6-4-2;/h4*3-14H2,1-2H3,(H,17,18);/q;;;;+4/p-4. The van der Waals surface area contributed by atoms with Crippen LogP contribution in [0.5, 0.6) is 0 Å². The fraction of sp³-hybridized carbons (Fsp3) is 0.933. The van der Waals surface area contributed by atoms with Crippen molar-refractivity contribution in [2.75, 3.05) is 52.4 Å². The van der Waals surface area contributed by atoms with Crippen molar-refractivity contribution in [2.45, 2.75) is 312 Å². The molecular formula is C60H120MoN4S12. The van der Waals surface area contributed by atoms with E-state index in [0.29, 0.717) is 32.8 Å². The Morgan fingerprint density at radius 1 is 0.208 bits per heavy atom. The summed E-state index contributed by atoms with van der Waals surface area (Å²) in [5, 5.41) is 0. The Labute approximate surface area is 563 Å². The Balaban J connectivity index is -0.000000298. The number of unbranched alkanes of at least 4 members (excludes halogenated alkanes) is 32. The van der Waals surface area contributed by atoms with Crippen molar-refractivity contribution in [1.82, 2.24) is 0 Å². The first-order valence-corrected chi connectivity index (χ1v) is 36.2. The van der Waals surface area contributed by atoms with Gasteiger partial charge in [0.15, 0.2) is 0 Å². The van der Waals surface area contributed by atoms with E-state index in [9.17, 15) is 0 Å². The zero-order valence-corrected chi connectivity index (χ0v) is 62.8. The van der Waals surface area contributed by atoms with Gasteiger partial charge < -0.3 is 166 Å². The minimum absolute atomic E-state index is 0. The molecule has 0 bridgehead atoms. The molecule has 17 heteroatoms. The van der Waals surface area contributed by atoms with Crippen LogP contribution < -0.4 is 0 Å². The van der Waals surface area contributed by atoms with Gasteiger partial charge in [-0.3, -0.25) is 0 Å². The minimum atomic E-state index is 0. The predicted octanol–water partition coefficient (Wildman–Crippen LogP) is 20.1. The first-order chi connectivity index (χ1) is 36.3. The van der Waals surface area contributed by atoms with Gasteiger partial charge in [0.25, 0.3) is 0 Å². The number of quaternary nitrogens is 4. The van der Waals surface area contributed by atoms with Gasteiger partial charge in [-0.1, -0.05) is 209 Å². The molecule has 0 atom stereocenters. The summed E-state index contributed by atoms with van der Waals surface area (Å²) in [6.07, 6.45) is 50.8. The second-order valence-corrected chi connectivity index (χ2v) is 28.6. The van der Waals surface area contributed by atoms with Crippen LogP contribution >= 0.6 is 48.9 Å². The summed E-state index contributed by atoms with van der Waals surface area (Å²) in [4.78, 5) is 0. The van der Waals surface area contributed by atoms with Gasteiger partial charge in [0.2, 0.25) is 0 Å². The molecule has 458 valence electrons. The van der Waals surface area contributed by atoms with Crippen LogP contribution in [0.4, 0.5) is 0 Å². The molecule has 4 nitrogen and oxygen atoms in total. The van der Waals surface area contributed by atoms with Gasteiger partial charge in [0.1, 0.15) is 0 Å². The van der Waals surface area contributed by atoms with Crippen molar-refractivity contribution in [3.05, 3.63) is 0 Å². The molecule has 0 heterocycles. The molecule has 0 radical (unpaired) electrons. The summed E-state index contributed by atoms with van der Waals surface area (Å²) in [6.45, 7) is 25.5. The molecule has 0 unspecified atom stereocenters. The smallest absolute Gasteiger partial charge is 0.489 e. The third-order valence-electron chi connectivity index (χ3n) is 14.3. The normalized spacial score (nSPS) is 11.6. The Morgan fingerprint density at radius 3 is 0.377 bits per heavy atom. The van der Waals surface area contributed by atoms with E-state index in [4.69, 9.17) is 151 Å². The van der Waals surface area contributed by atoms with Gasteiger partial charge in [0, 0.05) is 17.3 Å². The van der Waals surface area contributed by atoms with Gasteiger partial charge in [0.05, 0.1) is 52.4 Å². The van der Waals surface area contributed by atoms with Crippen molar-refractivity contribution in [1.29, 1.82) is 0 Å². The van der Waals surface area contributed by atoms with Crippen LogP contribution in [0.1, 0.15) is 312 Å². The molecule has 0 rings (SSSR count). The molecule has 0 amide bonds. The van der Waals surface area contributed by atoms with Crippen LogP contribution in [0.25, 0.3) is 0 Å². The fourth-order valence-corrected chi connectivity index (χ4v) is 11.4. The first kappa shape index (κ1) is 88.9. The van der Waals surface area contributed by atoms with Gasteiger partial charge in [-0.25, -0.2) is 0 Å². The molecule has 0 aromatic heterocycles. The molecule has 0 aromatic carbocycles. The van der Waals surface area contributed by atoms with E-state index in [0.717, 1.165) is 104 Å². The third-order valence-corrected chi connectivity index (χ3v) is 20.2.